The van der Waals surface area contributed by atoms with E-state index in [1.54, 1.807) is 51.5 Å². The number of aliphatic hydroxyl groups is 1. The fourth-order valence-electron chi connectivity index (χ4n) is 14.7. The number of fused-ring (bicyclic) bond motifs is 3. The number of ether oxygens (including phenoxy) is 4. The Bertz CT molecular complexity index is 4780. The molecular formula is C75H91F2N21O10S. The Morgan fingerprint density at radius 3 is 1.88 bits per heavy atom. The summed E-state index contributed by atoms with van der Waals surface area (Å²) in [6, 6.07) is 14.5. The van der Waals surface area contributed by atoms with Crippen LogP contribution in [-0.4, -0.2) is 240 Å². The van der Waals surface area contributed by atoms with Crippen LogP contribution in [-0.2, 0) is 21.1 Å². The third-order valence-electron chi connectivity index (χ3n) is 21.4. The van der Waals surface area contributed by atoms with E-state index in [4.69, 9.17) is 30.4 Å². The lowest BCUT2D eigenvalue weighted by molar-refractivity contribution is 0.0643. The number of aliphatic imine (C=N–C) groups is 1. The number of alkyl halides is 2. The van der Waals surface area contributed by atoms with E-state index in [9.17, 15) is 36.7 Å². The zero-order valence-electron chi connectivity index (χ0n) is 61.5. The summed E-state index contributed by atoms with van der Waals surface area (Å²) in [5.41, 5.74) is 5.79. The number of sulfone groups is 1. The normalized spacial score (nSPS) is 21.8. The summed E-state index contributed by atoms with van der Waals surface area (Å²) < 4.78 is 74.1. The van der Waals surface area contributed by atoms with Crippen molar-refractivity contribution in [1.29, 1.82) is 0 Å². The lowest BCUT2D eigenvalue weighted by atomic mass is 9.88. The molecule has 14 heterocycles. The molecule has 109 heavy (non-hydrogen) atoms. The molecule has 8 aromatic rings. The van der Waals surface area contributed by atoms with E-state index in [1.165, 1.54) is 4.90 Å². The number of pyridine rings is 3. The maximum absolute atomic E-state index is 13.9. The van der Waals surface area contributed by atoms with Gasteiger partial charge in [-0.2, -0.15) is 45.1 Å². The van der Waals surface area contributed by atoms with Crippen LogP contribution in [0.15, 0.2) is 72.1 Å². The van der Waals surface area contributed by atoms with Gasteiger partial charge in [0.2, 0.25) is 11.8 Å². The van der Waals surface area contributed by atoms with Crippen LogP contribution in [0.25, 0.3) is 22.1 Å². The molecule has 2 saturated carbocycles. The molecule has 34 heteroatoms. The molecule has 7 fully saturated rings. The van der Waals surface area contributed by atoms with Crippen LogP contribution in [0.1, 0.15) is 164 Å². The van der Waals surface area contributed by atoms with Crippen LogP contribution in [0.5, 0.6) is 18.0 Å². The van der Waals surface area contributed by atoms with E-state index >= 15 is 0 Å². The van der Waals surface area contributed by atoms with Crippen LogP contribution >= 0.6 is 0 Å². The Labute approximate surface area is 629 Å². The van der Waals surface area contributed by atoms with Gasteiger partial charge in [-0.05, 0) is 134 Å². The topological polar surface area (TPSA) is 378 Å². The molecule has 0 bridgehead atoms. The summed E-state index contributed by atoms with van der Waals surface area (Å²) in [6.07, 6.45) is 20.8. The van der Waals surface area contributed by atoms with Gasteiger partial charge in [0.15, 0.2) is 11.3 Å². The largest absolute Gasteiger partial charge is 0.463 e. The molecule has 3 amide bonds. The number of halogens is 2. The number of aromatic nitrogens is 14. The minimum Gasteiger partial charge on any atom is -0.463 e. The third kappa shape index (κ3) is 18.6. The number of H-pyrrole nitrogens is 2. The summed E-state index contributed by atoms with van der Waals surface area (Å²) in [5, 5.41) is 31.8. The molecule has 4 unspecified atom stereocenters. The number of hydrogen-bond acceptors (Lipinski definition) is 26. The predicted octanol–water partition coefficient (Wildman–Crippen LogP) is 6.68. The number of rotatable bonds is 23. The first-order chi connectivity index (χ1) is 52.6. The van der Waals surface area contributed by atoms with Gasteiger partial charge in [-0.1, -0.05) is 5.92 Å². The van der Waals surface area contributed by atoms with Crippen molar-refractivity contribution < 1.29 is 55.6 Å². The van der Waals surface area contributed by atoms with Crippen molar-refractivity contribution in [3.05, 3.63) is 107 Å². The lowest BCUT2D eigenvalue weighted by Gasteiger charge is -2.32. The molecule has 2 aliphatic carbocycles. The number of terminal acetylenes is 1. The number of amides is 3. The Balaban J connectivity index is 0.000000137. The van der Waals surface area contributed by atoms with E-state index in [0.29, 0.717) is 94.2 Å². The lowest BCUT2D eigenvalue weighted by Crippen LogP contribution is -2.39. The number of nitrogens with one attached hydrogen (secondary N) is 4. The molecule has 6 atom stereocenters. The molecule has 31 nitrogen and oxygen atoms in total. The Kier molecular flexibility index (Phi) is 22.8. The minimum absolute atomic E-state index is 0.00166. The first-order valence-corrected chi connectivity index (χ1v) is 39.5. The highest BCUT2D eigenvalue weighted by Gasteiger charge is 2.52. The van der Waals surface area contributed by atoms with Crippen molar-refractivity contribution in [3.8, 4) is 30.4 Å². The fraction of sp³-hybridized carbons (Fsp3) is 0.547. The SMILES string of the molecule is C#CC1(COc2nc(C(=O)N3CCC(F)C3)cc(N3CCC(c4[nH]nc5ncccc45)CC3)n2)CC1.CC(CS(C)(=O)=O)NC(=O)c1cc(N2CCC(c3[nH]nc4ncccc34)CC2)nc(OC[C@H]2CCCO2)n1.C[C@H](CO)NC(=O)c1nc(OCC2CC2(C)F)nc(N2CCC(C3=NCc4ncccc43)CC2)n1. The van der Waals surface area contributed by atoms with Gasteiger partial charge in [-0.15, -0.1) is 6.42 Å². The monoisotopic (exact) mass is 1520 g/mol. The van der Waals surface area contributed by atoms with Crippen molar-refractivity contribution in [1.82, 2.24) is 85.8 Å². The second-order valence-electron chi connectivity index (χ2n) is 29.8. The van der Waals surface area contributed by atoms with Gasteiger partial charge in [-0.3, -0.25) is 34.6 Å². The summed E-state index contributed by atoms with van der Waals surface area (Å²) >= 11 is 0. The number of anilines is 3. The molecule has 16 rings (SSSR count). The summed E-state index contributed by atoms with van der Waals surface area (Å²) in [4.78, 5) is 95.3. The zero-order chi connectivity index (χ0) is 76.0. The van der Waals surface area contributed by atoms with Crippen molar-refractivity contribution in [3.63, 3.8) is 0 Å². The summed E-state index contributed by atoms with van der Waals surface area (Å²) in [6.45, 7) is 11.5. The van der Waals surface area contributed by atoms with Gasteiger partial charge in [0.05, 0.1) is 49.3 Å². The van der Waals surface area contributed by atoms with Gasteiger partial charge in [-0.25, -0.2) is 27.2 Å². The van der Waals surface area contributed by atoms with E-state index in [0.717, 1.165) is 147 Å². The molecular weight excluding hydrogens is 1430 g/mol. The highest BCUT2D eigenvalue weighted by atomic mass is 32.2. The van der Waals surface area contributed by atoms with Crippen LogP contribution in [0.4, 0.5) is 26.4 Å². The highest BCUT2D eigenvalue weighted by molar-refractivity contribution is 7.90. The molecule has 6 aliphatic heterocycles. The molecule has 8 aliphatic rings. The summed E-state index contributed by atoms with van der Waals surface area (Å²) in [5.74, 6) is 3.56. The van der Waals surface area contributed by atoms with Gasteiger partial charge in [0.1, 0.15) is 57.9 Å². The van der Waals surface area contributed by atoms with Crippen molar-refractivity contribution in [2.75, 3.05) is 112 Å². The van der Waals surface area contributed by atoms with Gasteiger partial charge >= 0.3 is 18.0 Å². The van der Waals surface area contributed by atoms with Crippen LogP contribution in [0.2, 0.25) is 0 Å². The van der Waals surface area contributed by atoms with Crippen molar-refractivity contribution in [2.45, 2.75) is 146 Å². The first kappa shape index (κ1) is 75.5. The standard InChI is InChI=1S/C26H28FN7O2.C25H33N7O5S.C24H30FN7O3/c1-2-26(8-9-26)16-36-25-29-20(24(35)34-13-7-18(27)15-34)14-21(30-25)33-11-5-17(6-12-33)22-19-4-3-10-28-23(19)32-31-22;1-16(15-38(2,34)35)27-24(33)20-13-21(29-25(28-20)37-14-18-5-4-12-36-18)32-10-7-17(8-11-32)22-19-6-3-9-26-23(19)31-30-22;1-14(12-33)28-21(34)20-29-22(31-23(30-20)35-13-16-10-24(16,2)25)32-8-5-15(6-9-32)19-17-4-3-7-26-18(17)11-27-19/h1,3-4,10,14,17-18H,5-9,11-13,15-16H2,(H,28,31,32);3,6,9,13,16-18H,4-5,7-8,10-12,14-15H2,1-2H3,(H,27,33)(H,26,30,31);3-4,7,14-16,33H,5-6,8-13H2,1-2H3,(H,28,34)/t;16?,18-;14-,16?,24?/m.11/s1. The van der Waals surface area contributed by atoms with Crippen LogP contribution in [0.3, 0.4) is 0 Å². The number of aromatic amines is 2. The molecule has 5 saturated heterocycles. The van der Waals surface area contributed by atoms with Crippen molar-refractivity contribution in [2.24, 2.45) is 22.2 Å². The Morgan fingerprint density at radius 1 is 0.716 bits per heavy atom. The van der Waals surface area contributed by atoms with Crippen LogP contribution in [0, 0.1) is 29.6 Å². The number of carbonyl (C=O) groups is 3. The second-order valence-corrected chi connectivity index (χ2v) is 32.0. The first-order valence-electron chi connectivity index (χ1n) is 37.5. The smallest absolute Gasteiger partial charge is 0.321 e. The Morgan fingerprint density at radius 2 is 1.29 bits per heavy atom. The number of piperidine rings is 3. The predicted molar refractivity (Wildman–Crippen MR) is 399 cm³/mol. The maximum atomic E-state index is 13.9. The van der Waals surface area contributed by atoms with E-state index < -0.39 is 45.6 Å². The van der Waals surface area contributed by atoms with Gasteiger partial charge in [0, 0.05) is 159 Å². The number of aliphatic hydroxyl groups excluding tert-OH is 1. The van der Waals surface area contributed by atoms with E-state index in [2.05, 4.69) is 103 Å². The average Bonchev–Trinajstić information content (AvgIpc) is 1.73. The maximum Gasteiger partial charge on any atom is 0.321 e. The second kappa shape index (κ2) is 32.9. The molecule has 5 N–H and O–H groups in total. The van der Waals surface area contributed by atoms with Crippen LogP contribution < -0.4 is 39.5 Å². The molecule has 0 spiro atoms. The quantitative estimate of drug-likeness (QED) is 0.0417. The number of hydrogen-bond donors (Lipinski definition) is 5. The molecule has 0 radical (unpaired) electrons. The average molecular weight is 1520 g/mol. The van der Waals surface area contributed by atoms with E-state index in [1.807, 2.05) is 35.2 Å². The van der Waals surface area contributed by atoms with Gasteiger partial charge < -0.3 is 54.3 Å². The zero-order valence-corrected chi connectivity index (χ0v) is 62.3. The van der Waals surface area contributed by atoms with Crippen molar-refractivity contribution >= 4 is 72.9 Å². The number of nitrogens with zero attached hydrogens (tertiary/aromatic N) is 17. The van der Waals surface area contributed by atoms with E-state index in [-0.39, 0.29) is 84.1 Å². The third-order valence-corrected chi connectivity index (χ3v) is 22.5. The number of likely N-dealkylation sites (tertiary alicyclic amines) is 1. The molecule has 8 aromatic heterocycles. The fourth-order valence-corrected chi connectivity index (χ4v) is 15.7. The molecule has 576 valence electrons. The highest BCUT2D eigenvalue weighted by Crippen LogP contribution is 2.47. The molecule has 0 aromatic carbocycles. The summed E-state index contributed by atoms with van der Waals surface area (Å²) in [7, 11) is -3.25. The number of carbonyl (C=O) groups excluding carboxylic acids is 3. The van der Waals surface area contributed by atoms with Gasteiger partial charge in [0.25, 0.3) is 17.7 Å². The minimum atomic E-state index is -3.25. The Hall–Kier alpha value is -10.3.